The van der Waals surface area contributed by atoms with Gasteiger partial charge in [-0.15, -0.1) is 6.58 Å². The van der Waals surface area contributed by atoms with E-state index in [-0.39, 0.29) is 6.42 Å². The van der Waals surface area contributed by atoms with Crippen LogP contribution in [-0.4, -0.2) is 22.3 Å². The summed E-state index contributed by atoms with van der Waals surface area (Å²) in [6.45, 7) is 3.67. The van der Waals surface area contributed by atoms with Gasteiger partial charge in [0.05, 0.1) is 0 Å². The van der Waals surface area contributed by atoms with E-state index in [2.05, 4.69) is 24.5 Å². The van der Waals surface area contributed by atoms with Crippen LogP contribution >= 0.6 is 0 Å². The van der Waals surface area contributed by atoms with Crippen molar-refractivity contribution in [3.8, 4) is 11.8 Å². The fourth-order valence-electron chi connectivity index (χ4n) is 1.68. The van der Waals surface area contributed by atoms with Gasteiger partial charge in [0.25, 0.3) is 0 Å². The van der Waals surface area contributed by atoms with E-state index in [1.807, 2.05) is 12.2 Å². The lowest BCUT2D eigenvalue weighted by molar-refractivity contribution is -0.137. The van der Waals surface area contributed by atoms with Crippen LogP contribution in [0.5, 0.6) is 0 Å². The van der Waals surface area contributed by atoms with Crippen LogP contribution in [0.15, 0.2) is 24.8 Å². The summed E-state index contributed by atoms with van der Waals surface area (Å²) < 4.78 is 0. The van der Waals surface area contributed by atoms with Crippen molar-refractivity contribution in [1.29, 1.82) is 0 Å². The second-order valence-electron chi connectivity index (χ2n) is 4.73. The first-order valence-electron chi connectivity index (χ1n) is 7.31. The number of carboxylic acid groups (broad SMARTS) is 1. The molecule has 0 aromatic carbocycles. The van der Waals surface area contributed by atoms with Crippen LogP contribution in [0.25, 0.3) is 0 Å². The molecular formula is C17H26O3. The first kappa shape index (κ1) is 18.5. The largest absolute Gasteiger partial charge is 0.481 e. The molecule has 20 heavy (non-hydrogen) atoms. The van der Waals surface area contributed by atoms with Crippen LogP contribution in [0.3, 0.4) is 0 Å². The second kappa shape index (κ2) is 13.9. The molecule has 0 aliphatic rings. The van der Waals surface area contributed by atoms with Crippen LogP contribution in [0.1, 0.15) is 57.8 Å². The van der Waals surface area contributed by atoms with Crippen molar-refractivity contribution < 1.29 is 15.0 Å². The van der Waals surface area contributed by atoms with E-state index in [4.69, 9.17) is 5.11 Å². The molecule has 112 valence electrons. The van der Waals surface area contributed by atoms with Gasteiger partial charge in [0.1, 0.15) is 6.10 Å². The van der Waals surface area contributed by atoms with Crippen LogP contribution in [0.2, 0.25) is 0 Å². The predicted molar refractivity (Wildman–Crippen MR) is 82.3 cm³/mol. The Kier molecular flexibility index (Phi) is 12.8. The van der Waals surface area contributed by atoms with Crippen molar-refractivity contribution in [1.82, 2.24) is 0 Å². The number of hydrogen-bond donors (Lipinski definition) is 2. The molecule has 0 bridgehead atoms. The molecule has 1 atom stereocenters. The number of unbranched alkanes of at least 4 members (excludes halogenated alkanes) is 4. The molecule has 3 heteroatoms. The number of carbonyl (C=O) groups is 1. The van der Waals surface area contributed by atoms with E-state index in [0.29, 0.717) is 19.3 Å². The van der Waals surface area contributed by atoms with Gasteiger partial charge in [-0.1, -0.05) is 36.5 Å². The maximum atomic E-state index is 10.3. The minimum absolute atomic E-state index is 0.207. The first-order valence-corrected chi connectivity index (χ1v) is 7.31. The molecule has 0 aromatic heterocycles. The minimum Gasteiger partial charge on any atom is -0.481 e. The Balaban J connectivity index is 3.51. The zero-order chi connectivity index (χ0) is 15.1. The SMILES string of the molecule is C=CCCC/C=C/CC#CC(O)CCCCCC(=O)O. The van der Waals surface area contributed by atoms with Crippen LogP contribution in [-0.2, 0) is 4.79 Å². The summed E-state index contributed by atoms with van der Waals surface area (Å²) in [5.41, 5.74) is 0. The molecule has 2 N–H and O–H groups in total. The molecule has 0 aromatic rings. The van der Waals surface area contributed by atoms with Crippen molar-refractivity contribution in [2.45, 2.75) is 63.9 Å². The van der Waals surface area contributed by atoms with Crippen LogP contribution in [0.4, 0.5) is 0 Å². The molecule has 0 rings (SSSR count). The van der Waals surface area contributed by atoms with Gasteiger partial charge in [0, 0.05) is 12.8 Å². The summed E-state index contributed by atoms with van der Waals surface area (Å²) in [7, 11) is 0. The minimum atomic E-state index is -0.759. The number of allylic oxidation sites excluding steroid dienone is 3. The molecule has 0 saturated carbocycles. The highest BCUT2D eigenvalue weighted by Gasteiger charge is 2.00. The maximum Gasteiger partial charge on any atom is 0.303 e. The van der Waals surface area contributed by atoms with Gasteiger partial charge >= 0.3 is 5.97 Å². The normalized spacial score (nSPS) is 11.8. The number of rotatable bonds is 11. The lowest BCUT2D eigenvalue weighted by Crippen LogP contribution is -2.02. The van der Waals surface area contributed by atoms with Crippen molar-refractivity contribution in [2.75, 3.05) is 0 Å². The molecule has 3 nitrogen and oxygen atoms in total. The molecule has 0 amide bonds. The monoisotopic (exact) mass is 278 g/mol. The van der Waals surface area contributed by atoms with Gasteiger partial charge < -0.3 is 10.2 Å². The Morgan fingerprint density at radius 1 is 1.15 bits per heavy atom. The molecule has 0 saturated heterocycles. The maximum absolute atomic E-state index is 10.3. The summed E-state index contributed by atoms with van der Waals surface area (Å²) in [5.74, 6) is 4.98. The van der Waals surface area contributed by atoms with Crippen molar-refractivity contribution in [3.63, 3.8) is 0 Å². The molecule has 0 aliphatic heterocycles. The Hall–Kier alpha value is -1.53. The summed E-state index contributed by atoms with van der Waals surface area (Å²) in [4.78, 5) is 10.3. The van der Waals surface area contributed by atoms with E-state index in [1.165, 1.54) is 0 Å². The molecule has 0 spiro atoms. The number of aliphatic carboxylic acids is 1. The average molecular weight is 278 g/mol. The third kappa shape index (κ3) is 14.5. The molecule has 1 unspecified atom stereocenters. The zero-order valence-electron chi connectivity index (χ0n) is 12.2. The molecule has 0 heterocycles. The molecule has 0 fully saturated rings. The highest BCUT2D eigenvalue weighted by atomic mass is 16.4. The first-order chi connectivity index (χ1) is 9.66. The fourth-order valence-corrected chi connectivity index (χ4v) is 1.68. The van der Waals surface area contributed by atoms with E-state index in [9.17, 15) is 9.90 Å². The number of carboxylic acids is 1. The number of aliphatic hydroxyl groups excluding tert-OH is 1. The highest BCUT2D eigenvalue weighted by Crippen LogP contribution is 2.05. The van der Waals surface area contributed by atoms with E-state index < -0.39 is 12.1 Å². The zero-order valence-corrected chi connectivity index (χ0v) is 12.2. The second-order valence-corrected chi connectivity index (χ2v) is 4.73. The molecular weight excluding hydrogens is 252 g/mol. The molecule has 0 aliphatic carbocycles. The molecule has 0 radical (unpaired) electrons. The Morgan fingerprint density at radius 3 is 2.65 bits per heavy atom. The number of aliphatic hydroxyl groups is 1. The standard InChI is InChI=1S/C17H26O3/c1-2-3-4-5-6-7-8-10-13-16(18)14-11-9-12-15-17(19)20/h2,6-7,16,18H,1,3-5,8-9,11-12,14-15H2,(H,19,20)/b7-6+. The summed E-state index contributed by atoms with van der Waals surface area (Å²) in [6, 6.07) is 0. The van der Waals surface area contributed by atoms with E-state index >= 15 is 0 Å². The Labute approximate surface area is 122 Å². The van der Waals surface area contributed by atoms with Gasteiger partial charge in [0.2, 0.25) is 0 Å². The van der Waals surface area contributed by atoms with Crippen molar-refractivity contribution in [2.24, 2.45) is 0 Å². The Bertz CT molecular complexity index is 347. The van der Waals surface area contributed by atoms with Gasteiger partial charge in [-0.2, -0.15) is 0 Å². The lowest BCUT2D eigenvalue weighted by Gasteiger charge is -2.02. The summed E-state index contributed by atoms with van der Waals surface area (Å²) >= 11 is 0. The highest BCUT2D eigenvalue weighted by molar-refractivity contribution is 5.66. The average Bonchev–Trinajstić information content (AvgIpc) is 2.41. The summed E-state index contributed by atoms with van der Waals surface area (Å²) in [6.07, 6.45) is 12.5. The van der Waals surface area contributed by atoms with Crippen molar-refractivity contribution >= 4 is 5.97 Å². The van der Waals surface area contributed by atoms with Crippen LogP contribution in [0, 0.1) is 11.8 Å². The van der Waals surface area contributed by atoms with Gasteiger partial charge in [0.15, 0.2) is 0 Å². The van der Waals surface area contributed by atoms with Crippen LogP contribution < -0.4 is 0 Å². The third-order valence-electron chi connectivity index (χ3n) is 2.80. The Morgan fingerprint density at radius 2 is 1.95 bits per heavy atom. The van der Waals surface area contributed by atoms with E-state index in [0.717, 1.165) is 32.1 Å². The third-order valence-corrected chi connectivity index (χ3v) is 2.80. The number of hydrogen-bond acceptors (Lipinski definition) is 2. The lowest BCUT2D eigenvalue weighted by atomic mass is 10.1. The van der Waals surface area contributed by atoms with Gasteiger partial charge in [-0.3, -0.25) is 4.79 Å². The predicted octanol–water partition coefficient (Wildman–Crippen LogP) is 3.69. The van der Waals surface area contributed by atoms with Gasteiger partial charge in [-0.05, 0) is 38.5 Å². The summed E-state index contributed by atoms with van der Waals surface area (Å²) in [5, 5.41) is 18.1. The van der Waals surface area contributed by atoms with Crippen molar-refractivity contribution in [3.05, 3.63) is 24.8 Å². The quantitative estimate of drug-likeness (QED) is 0.344. The van der Waals surface area contributed by atoms with Gasteiger partial charge in [-0.25, -0.2) is 0 Å². The van der Waals surface area contributed by atoms with E-state index in [1.54, 1.807) is 0 Å². The fraction of sp³-hybridized carbons (Fsp3) is 0.588. The smallest absolute Gasteiger partial charge is 0.303 e. The topological polar surface area (TPSA) is 57.5 Å².